The van der Waals surface area contributed by atoms with Crippen LogP contribution in [0, 0.1) is 10.8 Å². The fourth-order valence-electron chi connectivity index (χ4n) is 4.47. The molecule has 112 valence electrons. The Kier molecular flexibility index (Phi) is 2.08. The van der Waals surface area contributed by atoms with Gasteiger partial charge in [0.15, 0.2) is 11.9 Å². The number of hydrogen-bond donors (Lipinski definition) is 2. The number of hydrogen-bond acceptors (Lipinski definition) is 7. The van der Waals surface area contributed by atoms with E-state index in [0.717, 1.165) is 0 Å². The highest BCUT2D eigenvalue weighted by Crippen LogP contribution is 2.65. The second kappa shape index (κ2) is 3.36. The Bertz CT molecular complexity index is 637. The molecule has 2 N–H and O–H groups in total. The minimum absolute atomic E-state index is 0.0189. The summed E-state index contributed by atoms with van der Waals surface area (Å²) in [5.74, 6) is -2.00. The predicted octanol–water partition coefficient (Wildman–Crippen LogP) is -1.14. The second-order valence-corrected chi connectivity index (χ2v) is 6.56. The number of carbonyl (C=O) groups is 3. The number of ketones is 1. The van der Waals surface area contributed by atoms with E-state index in [2.05, 4.69) is 0 Å². The zero-order chi connectivity index (χ0) is 15.2. The second-order valence-electron chi connectivity index (χ2n) is 6.56. The van der Waals surface area contributed by atoms with E-state index in [4.69, 9.17) is 9.47 Å². The summed E-state index contributed by atoms with van der Waals surface area (Å²) in [6.45, 7) is 1.50. The summed E-state index contributed by atoms with van der Waals surface area (Å²) in [7, 11) is 0. The molecule has 1 saturated carbocycles. The fraction of sp³-hybridized carbons (Fsp3) is 0.643. The first kappa shape index (κ1) is 13.0. The van der Waals surface area contributed by atoms with E-state index < -0.39 is 40.6 Å². The monoisotopic (exact) mass is 294 g/mol. The lowest BCUT2D eigenvalue weighted by Gasteiger charge is -2.56. The van der Waals surface area contributed by atoms with Crippen LogP contribution in [0.3, 0.4) is 0 Å². The standard InChI is InChI=1S/C14H14O7/c1-12-5-20-11(18)14(12,19)8-4-13(9(16)10(17)21-8)3-6(15)2-7(12)13/h2,8-9,16,19H,3-5H2,1H3/t8-,9?,12+,13+,14-/m1/s1. The predicted molar refractivity (Wildman–Crippen MR) is 64.7 cm³/mol. The van der Waals surface area contributed by atoms with Crippen LogP contribution < -0.4 is 0 Å². The maximum atomic E-state index is 12.1. The molecule has 4 rings (SSSR count). The number of allylic oxidation sites excluding steroid dienone is 1. The number of aliphatic hydroxyl groups is 2. The SMILES string of the molecule is C[C@@]12COC(=O)[C@]1(O)[C@H]1C[C@]3(CC(=O)C=C32)C(O)C(=O)O1. The molecule has 2 saturated heterocycles. The summed E-state index contributed by atoms with van der Waals surface area (Å²) in [5, 5.41) is 21.2. The van der Waals surface area contributed by atoms with Gasteiger partial charge in [-0.1, -0.05) is 0 Å². The van der Waals surface area contributed by atoms with Gasteiger partial charge in [0.25, 0.3) is 0 Å². The molecule has 2 aliphatic heterocycles. The zero-order valence-corrected chi connectivity index (χ0v) is 11.3. The Morgan fingerprint density at radius 3 is 2.76 bits per heavy atom. The molecule has 1 unspecified atom stereocenters. The Labute approximate surface area is 119 Å². The number of aliphatic hydroxyl groups excluding tert-OH is 1. The van der Waals surface area contributed by atoms with E-state index in [1.54, 1.807) is 6.92 Å². The van der Waals surface area contributed by atoms with Crippen LogP contribution in [0.25, 0.3) is 0 Å². The van der Waals surface area contributed by atoms with Crippen LogP contribution in [-0.2, 0) is 23.9 Å². The first-order chi connectivity index (χ1) is 9.75. The molecule has 0 aromatic heterocycles. The molecular weight excluding hydrogens is 280 g/mol. The maximum absolute atomic E-state index is 12.1. The van der Waals surface area contributed by atoms with Crippen molar-refractivity contribution in [3.05, 3.63) is 11.6 Å². The summed E-state index contributed by atoms with van der Waals surface area (Å²) in [6.07, 6.45) is -1.22. The van der Waals surface area contributed by atoms with Gasteiger partial charge in [-0.3, -0.25) is 4.79 Å². The molecule has 21 heavy (non-hydrogen) atoms. The summed E-state index contributed by atoms with van der Waals surface area (Å²) < 4.78 is 10.1. The number of carbonyl (C=O) groups excluding carboxylic acids is 3. The first-order valence-electron chi connectivity index (χ1n) is 6.79. The van der Waals surface area contributed by atoms with Crippen LogP contribution >= 0.6 is 0 Å². The van der Waals surface area contributed by atoms with Crippen molar-refractivity contribution < 1.29 is 34.1 Å². The van der Waals surface area contributed by atoms with E-state index >= 15 is 0 Å². The smallest absolute Gasteiger partial charge is 0.343 e. The molecule has 0 radical (unpaired) electrons. The maximum Gasteiger partial charge on any atom is 0.343 e. The van der Waals surface area contributed by atoms with Crippen LogP contribution in [0.2, 0.25) is 0 Å². The molecule has 0 aromatic rings. The lowest BCUT2D eigenvalue weighted by Crippen LogP contribution is -2.70. The van der Waals surface area contributed by atoms with E-state index in [-0.39, 0.29) is 25.2 Å². The van der Waals surface area contributed by atoms with Crippen molar-refractivity contribution in [3.8, 4) is 0 Å². The van der Waals surface area contributed by atoms with E-state index in [1.165, 1.54) is 6.08 Å². The van der Waals surface area contributed by atoms with Crippen LogP contribution in [0.1, 0.15) is 19.8 Å². The van der Waals surface area contributed by atoms with Crippen LogP contribution in [-0.4, -0.2) is 52.4 Å². The number of cyclic esters (lactones) is 1. The van der Waals surface area contributed by atoms with Crippen molar-refractivity contribution >= 4 is 17.7 Å². The molecule has 1 spiro atoms. The Morgan fingerprint density at radius 2 is 2.05 bits per heavy atom. The molecule has 7 heteroatoms. The van der Waals surface area contributed by atoms with E-state index in [0.29, 0.717) is 5.57 Å². The third-order valence-electron chi connectivity index (χ3n) is 5.59. The van der Waals surface area contributed by atoms with Gasteiger partial charge in [-0.15, -0.1) is 0 Å². The van der Waals surface area contributed by atoms with Crippen molar-refractivity contribution in [1.29, 1.82) is 0 Å². The average Bonchev–Trinajstić information content (AvgIpc) is 2.88. The summed E-state index contributed by atoms with van der Waals surface area (Å²) in [4.78, 5) is 35.9. The van der Waals surface area contributed by atoms with Crippen molar-refractivity contribution in [2.45, 2.75) is 37.6 Å². The normalized spacial score (nSPS) is 51.0. The zero-order valence-electron chi connectivity index (χ0n) is 11.3. The summed E-state index contributed by atoms with van der Waals surface area (Å²) in [5.41, 5.74) is -3.86. The van der Waals surface area contributed by atoms with E-state index in [9.17, 15) is 24.6 Å². The molecule has 2 heterocycles. The largest absolute Gasteiger partial charge is 0.462 e. The fourth-order valence-corrected chi connectivity index (χ4v) is 4.47. The lowest BCUT2D eigenvalue weighted by atomic mass is 9.51. The highest BCUT2D eigenvalue weighted by atomic mass is 16.6. The molecule has 3 fully saturated rings. The molecule has 0 amide bonds. The molecule has 7 nitrogen and oxygen atoms in total. The molecule has 2 bridgehead atoms. The average molecular weight is 294 g/mol. The molecule has 4 aliphatic rings. The molecule has 2 aliphatic carbocycles. The quantitative estimate of drug-likeness (QED) is 0.543. The van der Waals surface area contributed by atoms with Crippen molar-refractivity contribution in [1.82, 2.24) is 0 Å². The Balaban J connectivity index is 2.00. The Morgan fingerprint density at radius 1 is 1.33 bits per heavy atom. The van der Waals surface area contributed by atoms with Gasteiger partial charge < -0.3 is 19.7 Å². The molecule has 0 aromatic carbocycles. The number of esters is 2. The van der Waals surface area contributed by atoms with Gasteiger partial charge in [-0.2, -0.15) is 0 Å². The highest BCUT2D eigenvalue weighted by Gasteiger charge is 2.77. The van der Waals surface area contributed by atoms with Crippen molar-refractivity contribution in [2.75, 3.05) is 6.61 Å². The first-order valence-corrected chi connectivity index (χ1v) is 6.79. The highest BCUT2D eigenvalue weighted by molar-refractivity contribution is 5.99. The minimum Gasteiger partial charge on any atom is -0.462 e. The third-order valence-corrected chi connectivity index (χ3v) is 5.59. The van der Waals surface area contributed by atoms with Crippen LogP contribution in [0.4, 0.5) is 0 Å². The van der Waals surface area contributed by atoms with Gasteiger partial charge in [-0.05, 0) is 18.6 Å². The number of rotatable bonds is 0. The van der Waals surface area contributed by atoms with Gasteiger partial charge >= 0.3 is 11.9 Å². The van der Waals surface area contributed by atoms with Crippen molar-refractivity contribution in [2.24, 2.45) is 10.8 Å². The van der Waals surface area contributed by atoms with Gasteiger partial charge in [0.1, 0.15) is 12.7 Å². The minimum atomic E-state index is -2.01. The lowest BCUT2D eigenvalue weighted by molar-refractivity contribution is -0.228. The van der Waals surface area contributed by atoms with Gasteiger partial charge in [0, 0.05) is 18.3 Å². The van der Waals surface area contributed by atoms with Gasteiger partial charge in [0.2, 0.25) is 5.60 Å². The third kappa shape index (κ3) is 1.14. The summed E-state index contributed by atoms with van der Waals surface area (Å²) >= 11 is 0. The number of ether oxygens (including phenoxy) is 2. The van der Waals surface area contributed by atoms with Crippen LogP contribution in [0.15, 0.2) is 11.6 Å². The topological polar surface area (TPSA) is 110 Å². The van der Waals surface area contributed by atoms with Gasteiger partial charge in [0.05, 0.1) is 5.41 Å². The van der Waals surface area contributed by atoms with E-state index in [1.807, 2.05) is 0 Å². The van der Waals surface area contributed by atoms with Crippen molar-refractivity contribution in [3.63, 3.8) is 0 Å². The van der Waals surface area contributed by atoms with Gasteiger partial charge in [-0.25, -0.2) is 9.59 Å². The Hall–Kier alpha value is -1.73. The molecule has 5 atom stereocenters. The summed E-state index contributed by atoms with van der Waals surface area (Å²) in [6, 6.07) is 0. The van der Waals surface area contributed by atoms with Crippen LogP contribution in [0.5, 0.6) is 0 Å². The molecular formula is C14H14O7. The number of fused-ring (bicyclic) bond motifs is 4.